The van der Waals surface area contributed by atoms with Gasteiger partial charge < -0.3 is 10.6 Å². The number of aromatic nitrogens is 3. The van der Waals surface area contributed by atoms with Gasteiger partial charge in [0.05, 0.1) is 11.9 Å². The van der Waals surface area contributed by atoms with E-state index in [2.05, 4.69) is 60.8 Å². The zero-order chi connectivity index (χ0) is 16.1. The van der Waals surface area contributed by atoms with Crippen molar-refractivity contribution < 1.29 is 0 Å². The summed E-state index contributed by atoms with van der Waals surface area (Å²) < 4.78 is 0.946. The lowest BCUT2D eigenvalue weighted by Crippen LogP contribution is -2.06. The minimum Gasteiger partial charge on any atom is -0.365 e. The van der Waals surface area contributed by atoms with Gasteiger partial charge >= 0.3 is 0 Å². The quantitative estimate of drug-likeness (QED) is 0.701. The fourth-order valence-corrected chi connectivity index (χ4v) is 2.50. The largest absolute Gasteiger partial charge is 0.365 e. The Morgan fingerprint density at radius 1 is 1.04 bits per heavy atom. The summed E-state index contributed by atoms with van der Waals surface area (Å²) in [6, 6.07) is 16.0. The SMILES string of the molecule is Cc1ccccc1CNc1cnnc(Nc2ccccc2Br)n1. The van der Waals surface area contributed by atoms with Gasteiger partial charge in [-0.3, -0.25) is 0 Å². The van der Waals surface area contributed by atoms with Crippen molar-refractivity contribution in [3.05, 3.63) is 70.3 Å². The van der Waals surface area contributed by atoms with E-state index in [0.717, 1.165) is 10.2 Å². The molecule has 3 aromatic rings. The molecule has 116 valence electrons. The van der Waals surface area contributed by atoms with Gasteiger partial charge in [-0.05, 0) is 46.1 Å². The van der Waals surface area contributed by atoms with Crippen LogP contribution in [0.25, 0.3) is 0 Å². The number of anilines is 3. The van der Waals surface area contributed by atoms with Crippen LogP contribution in [0, 0.1) is 6.92 Å². The van der Waals surface area contributed by atoms with Crippen molar-refractivity contribution in [2.24, 2.45) is 0 Å². The lowest BCUT2D eigenvalue weighted by atomic mass is 10.1. The maximum Gasteiger partial charge on any atom is 0.249 e. The van der Waals surface area contributed by atoms with Crippen molar-refractivity contribution >= 4 is 33.4 Å². The molecule has 0 atom stereocenters. The molecule has 0 amide bonds. The standard InChI is InChI=1S/C17H16BrN5/c1-12-6-2-3-7-13(12)10-19-16-11-20-23-17(22-16)21-15-9-5-4-8-14(15)18/h2-9,11H,10H2,1H3,(H2,19,21,22,23). The van der Waals surface area contributed by atoms with Crippen LogP contribution in [0.15, 0.2) is 59.2 Å². The first-order chi connectivity index (χ1) is 11.2. The summed E-state index contributed by atoms with van der Waals surface area (Å²) in [5, 5.41) is 14.4. The lowest BCUT2D eigenvalue weighted by molar-refractivity contribution is 0.964. The van der Waals surface area contributed by atoms with E-state index in [1.54, 1.807) is 6.20 Å². The summed E-state index contributed by atoms with van der Waals surface area (Å²) in [5.41, 5.74) is 3.37. The van der Waals surface area contributed by atoms with Gasteiger partial charge in [0.25, 0.3) is 0 Å². The summed E-state index contributed by atoms with van der Waals surface area (Å²) in [7, 11) is 0. The Balaban J connectivity index is 1.70. The third kappa shape index (κ3) is 4.04. The van der Waals surface area contributed by atoms with Crippen LogP contribution in [0.3, 0.4) is 0 Å². The predicted molar refractivity (Wildman–Crippen MR) is 95.8 cm³/mol. The smallest absolute Gasteiger partial charge is 0.249 e. The Morgan fingerprint density at radius 2 is 1.83 bits per heavy atom. The second-order valence-electron chi connectivity index (χ2n) is 5.05. The molecular weight excluding hydrogens is 354 g/mol. The summed E-state index contributed by atoms with van der Waals surface area (Å²) >= 11 is 3.49. The minimum atomic E-state index is 0.451. The van der Waals surface area contributed by atoms with E-state index in [9.17, 15) is 0 Å². The molecule has 0 saturated heterocycles. The first kappa shape index (κ1) is 15.4. The van der Waals surface area contributed by atoms with Crippen molar-refractivity contribution in [1.29, 1.82) is 0 Å². The zero-order valence-electron chi connectivity index (χ0n) is 12.6. The summed E-state index contributed by atoms with van der Waals surface area (Å²) in [4.78, 5) is 4.44. The monoisotopic (exact) mass is 369 g/mol. The minimum absolute atomic E-state index is 0.451. The molecule has 3 rings (SSSR count). The molecule has 1 heterocycles. The average Bonchev–Trinajstić information content (AvgIpc) is 2.57. The zero-order valence-corrected chi connectivity index (χ0v) is 14.2. The molecule has 6 heteroatoms. The molecule has 0 spiro atoms. The van der Waals surface area contributed by atoms with E-state index in [1.165, 1.54) is 11.1 Å². The highest BCUT2D eigenvalue weighted by molar-refractivity contribution is 9.10. The lowest BCUT2D eigenvalue weighted by Gasteiger charge is -2.10. The molecule has 0 aliphatic rings. The van der Waals surface area contributed by atoms with E-state index in [-0.39, 0.29) is 0 Å². The van der Waals surface area contributed by atoms with E-state index < -0.39 is 0 Å². The topological polar surface area (TPSA) is 62.7 Å². The first-order valence-corrected chi connectivity index (χ1v) is 8.01. The molecule has 23 heavy (non-hydrogen) atoms. The van der Waals surface area contributed by atoms with Gasteiger partial charge in [-0.1, -0.05) is 36.4 Å². The Hall–Kier alpha value is -2.47. The third-order valence-electron chi connectivity index (χ3n) is 3.40. The number of benzene rings is 2. The normalized spacial score (nSPS) is 10.3. The Morgan fingerprint density at radius 3 is 2.65 bits per heavy atom. The van der Waals surface area contributed by atoms with Crippen LogP contribution in [-0.4, -0.2) is 15.2 Å². The van der Waals surface area contributed by atoms with Crippen molar-refractivity contribution in [3.8, 4) is 0 Å². The molecule has 0 saturated carbocycles. The highest BCUT2D eigenvalue weighted by Crippen LogP contribution is 2.23. The highest BCUT2D eigenvalue weighted by Gasteiger charge is 2.04. The van der Waals surface area contributed by atoms with Gasteiger partial charge in [-0.15, -0.1) is 5.10 Å². The van der Waals surface area contributed by atoms with Gasteiger partial charge in [0, 0.05) is 11.0 Å². The van der Waals surface area contributed by atoms with Crippen LogP contribution in [0.1, 0.15) is 11.1 Å². The molecule has 0 unspecified atom stereocenters. The maximum absolute atomic E-state index is 4.44. The Kier molecular flexibility index (Phi) is 4.83. The molecule has 0 radical (unpaired) electrons. The third-order valence-corrected chi connectivity index (χ3v) is 4.09. The number of rotatable bonds is 5. The van der Waals surface area contributed by atoms with Crippen molar-refractivity contribution in [3.63, 3.8) is 0 Å². The molecule has 0 aliphatic heterocycles. The van der Waals surface area contributed by atoms with E-state index in [1.807, 2.05) is 36.4 Å². The summed E-state index contributed by atoms with van der Waals surface area (Å²) in [5.74, 6) is 1.13. The molecule has 2 N–H and O–H groups in total. The molecule has 2 aromatic carbocycles. The molecule has 1 aromatic heterocycles. The van der Waals surface area contributed by atoms with E-state index in [4.69, 9.17) is 0 Å². The number of hydrogen-bond acceptors (Lipinski definition) is 5. The van der Waals surface area contributed by atoms with Crippen LogP contribution in [-0.2, 0) is 6.54 Å². The van der Waals surface area contributed by atoms with Crippen LogP contribution in [0.5, 0.6) is 0 Å². The fourth-order valence-electron chi connectivity index (χ4n) is 2.12. The molecule has 0 aliphatic carbocycles. The average molecular weight is 370 g/mol. The van der Waals surface area contributed by atoms with Gasteiger partial charge in [0.15, 0.2) is 5.82 Å². The fraction of sp³-hybridized carbons (Fsp3) is 0.118. The van der Waals surface area contributed by atoms with Crippen molar-refractivity contribution in [2.75, 3.05) is 10.6 Å². The number of nitrogens with zero attached hydrogens (tertiary/aromatic N) is 3. The van der Waals surface area contributed by atoms with Crippen LogP contribution >= 0.6 is 15.9 Å². The van der Waals surface area contributed by atoms with Gasteiger partial charge in [-0.2, -0.15) is 10.1 Å². The molecular formula is C17H16BrN5. The molecule has 0 bridgehead atoms. The van der Waals surface area contributed by atoms with Crippen LogP contribution in [0.4, 0.5) is 17.5 Å². The van der Waals surface area contributed by atoms with Gasteiger partial charge in [0.2, 0.25) is 5.95 Å². The summed E-state index contributed by atoms with van der Waals surface area (Å²) in [6.45, 7) is 2.79. The van der Waals surface area contributed by atoms with Crippen LogP contribution < -0.4 is 10.6 Å². The molecule has 0 fully saturated rings. The maximum atomic E-state index is 4.44. The summed E-state index contributed by atoms with van der Waals surface area (Å²) in [6.07, 6.45) is 1.61. The molecule has 5 nitrogen and oxygen atoms in total. The highest BCUT2D eigenvalue weighted by atomic mass is 79.9. The van der Waals surface area contributed by atoms with Gasteiger partial charge in [-0.25, -0.2) is 0 Å². The van der Waals surface area contributed by atoms with Crippen LogP contribution in [0.2, 0.25) is 0 Å². The second kappa shape index (κ2) is 7.19. The number of nitrogens with one attached hydrogen (secondary N) is 2. The second-order valence-corrected chi connectivity index (χ2v) is 5.90. The van der Waals surface area contributed by atoms with E-state index in [0.29, 0.717) is 18.3 Å². The first-order valence-electron chi connectivity index (χ1n) is 7.22. The number of para-hydroxylation sites is 1. The number of hydrogen-bond donors (Lipinski definition) is 2. The number of halogens is 1. The van der Waals surface area contributed by atoms with Gasteiger partial charge in [0.1, 0.15) is 0 Å². The van der Waals surface area contributed by atoms with E-state index >= 15 is 0 Å². The Bertz CT molecular complexity index is 806. The predicted octanol–water partition coefficient (Wildman–Crippen LogP) is 4.30. The Labute approximate surface area is 143 Å². The van der Waals surface area contributed by atoms with Crippen molar-refractivity contribution in [2.45, 2.75) is 13.5 Å². The van der Waals surface area contributed by atoms with Crippen molar-refractivity contribution in [1.82, 2.24) is 15.2 Å². The number of aryl methyl sites for hydroxylation is 1.